The van der Waals surface area contributed by atoms with E-state index in [2.05, 4.69) is 6.58 Å². The van der Waals surface area contributed by atoms with Crippen molar-refractivity contribution in [2.75, 3.05) is 6.61 Å². The number of rotatable bonds is 8. The van der Waals surface area contributed by atoms with E-state index in [1.54, 1.807) is 13.0 Å². The van der Waals surface area contributed by atoms with E-state index in [0.717, 1.165) is 23.2 Å². The molecule has 0 fully saturated rings. The van der Waals surface area contributed by atoms with E-state index >= 15 is 0 Å². The van der Waals surface area contributed by atoms with Crippen molar-refractivity contribution >= 4 is 30.1 Å². The van der Waals surface area contributed by atoms with Gasteiger partial charge in [0.15, 0.2) is 0 Å². The van der Waals surface area contributed by atoms with E-state index in [1.165, 1.54) is 0 Å². The van der Waals surface area contributed by atoms with Crippen molar-refractivity contribution in [2.24, 2.45) is 0 Å². The van der Waals surface area contributed by atoms with Crippen molar-refractivity contribution in [1.29, 1.82) is 0 Å². The third kappa shape index (κ3) is 6.43. The van der Waals surface area contributed by atoms with Gasteiger partial charge in [-0.15, -0.1) is 0 Å². The zero-order chi connectivity index (χ0) is 14.8. The summed E-state index contributed by atoms with van der Waals surface area (Å²) in [7, 11) is 0. The molecular weight excluding hydrogens is 276 g/mol. The molecule has 0 spiro atoms. The van der Waals surface area contributed by atoms with E-state index in [4.69, 9.17) is 8.92 Å². The van der Waals surface area contributed by atoms with Crippen molar-refractivity contribution < 1.29 is 18.5 Å². The summed E-state index contributed by atoms with van der Waals surface area (Å²) in [5.74, 6) is -0.219. The smallest absolute Gasteiger partial charge is 0.318 e. The second kappa shape index (κ2) is 9.20. The van der Waals surface area contributed by atoms with Crippen LogP contribution in [-0.4, -0.2) is 18.5 Å². The third-order valence-electron chi connectivity index (χ3n) is 2.43. The minimum Gasteiger partial charge on any atom is -0.466 e. The molecule has 0 aliphatic carbocycles. The molecular formula is C15H18O4S. The van der Waals surface area contributed by atoms with Crippen molar-refractivity contribution in [3.8, 4) is 0 Å². The van der Waals surface area contributed by atoms with Gasteiger partial charge >= 0.3 is 11.9 Å². The first-order valence-corrected chi connectivity index (χ1v) is 7.26. The molecule has 0 saturated carbocycles. The molecule has 0 radical (unpaired) electrons. The number of benzene rings is 1. The van der Waals surface area contributed by atoms with E-state index in [1.807, 2.05) is 24.3 Å². The summed E-state index contributed by atoms with van der Waals surface area (Å²) in [6.45, 7) is 5.73. The van der Waals surface area contributed by atoms with Gasteiger partial charge in [0.2, 0.25) is 0 Å². The molecule has 0 amide bonds. The Labute approximate surface area is 123 Å². The molecule has 0 bridgehead atoms. The maximum atomic E-state index is 11.4. The minimum absolute atomic E-state index is 0.0429. The summed E-state index contributed by atoms with van der Waals surface area (Å²) in [4.78, 5) is 22.4. The summed E-state index contributed by atoms with van der Waals surface area (Å²) in [6, 6.07) is 7.81. The van der Waals surface area contributed by atoms with Gasteiger partial charge in [0.05, 0.1) is 37.2 Å². The van der Waals surface area contributed by atoms with Crippen LogP contribution in [0.15, 0.2) is 30.8 Å². The monoisotopic (exact) mass is 294 g/mol. The average Bonchev–Trinajstić information content (AvgIpc) is 2.46. The maximum absolute atomic E-state index is 11.4. The summed E-state index contributed by atoms with van der Waals surface area (Å²) in [6.07, 6.45) is 1.87. The van der Waals surface area contributed by atoms with Crippen LogP contribution in [0.2, 0.25) is 0 Å². The molecule has 20 heavy (non-hydrogen) atoms. The lowest BCUT2D eigenvalue weighted by Crippen LogP contribution is -2.08. The van der Waals surface area contributed by atoms with E-state index in [-0.39, 0.29) is 18.8 Å². The van der Waals surface area contributed by atoms with Crippen LogP contribution in [0.1, 0.15) is 30.9 Å². The molecule has 1 aromatic rings. The zero-order valence-electron chi connectivity index (χ0n) is 11.5. The van der Waals surface area contributed by atoms with Crippen molar-refractivity contribution in [2.45, 2.75) is 25.5 Å². The second-order valence-electron chi connectivity index (χ2n) is 3.97. The summed E-state index contributed by atoms with van der Waals surface area (Å²) >= 11 is 1.07. The lowest BCUT2D eigenvalue weighted by Gasteiger charge is -2.04. The molecule has 0 saturated heterocycles. The zero-order valence-corrected chi connectivity index (χ0v) is 12.3. The lowest BCUT2D eigenvalue weighted by molar-refractivity contribution is -0.146. The van der Waals surface area contributed by atoms with Crippen LogP contribution in [0, 0.1) is 0 Å². The number of ether oxygens (including phenoxy) is 1. The van der Waals surface area contributed by atoms with E-state index in [9.17, 15) is 9.59 Å². The Balaban J connectivity index is 2.20. The highest BCUT2D eigenvalue weighted by Gasteiger charge is 2.09. The third-order valence-corrected chi connectivity index (χ3v) is 3.19. The first kappa shape index (κ1) is 16.3. The van der Waals surface area contributed by atoms with Gasteiger partial charge in [-0.05, 0) is 18.1 Å². The normalized spacial score (nSPS) is 9.85. The van der Waals surface area contributed by atoms with Crippen LogP contribution in [0.5, 0.6) is 0 Å². The van der Waals surface area contributed by atoms with Crippen molar-refractivity contribution in [1.82, 2.24) is 0 Å². The highest BCUT2D eigenvalue weighted by Crippen LogP contribution is 2.15. The molecule has 0 atom stereocenters. The number of esters is 1. The van der Waals surface area contributed by atoms with Gasteiger partial charge in [-0.2, -0.15) is 0 Å². The van der Waals surface area contributed by atoms with Crippen LogP contribution in [0.4, 0.5) is 0 Å². The lowest BCUT2D eigenvalue weighted by atomic mass is 10.1. The number of carbonyl (C=O) groups is 2. The molecule has 5 heteroatoms. The molecule has 0 heterocycles. The molecule has 1 aromatic carbocycles. The van der Waals surface area contributed by atoms with Crippen LogP contribution in [0.25, 0.3) is 6.08 Å². The fraction of sp³-hybridized carbons (Fsp3) is 0.333. The first-order valence-electron chi connectivity index (χ1n) is 6.35. The van der Waals surface area contributed by atoms with Crippen molar-refractivity contribution in [3.05, 3.63) is 42.0 Å². The predicted molar refractivity (Wildman–Crippen MR) is 79.8 cm³/mol. The quantitative estimate of drug-likeness (QED) is 0.543. The van der Waals surface area contributed by atoms with E-state index in [0.29, 0.717) is 12.4 Å². The molecule has 0 aliphatic rings. The van der Waals surface area contributed by atoms with Gasteiger partial charge in [-0.1, -0.05) is 36.9 Å². The second-order valence-corrected chi connectivity index (χ2v) is 4.66. The number of hydrogen-bond donors (Lipinski definition) is 0. The summed E-state index contributed by atoms with van der Waals surface area (Å²) < 4.78 is 9.71. The molecule has 0 unspecified atom stereocenters. The fourth-order valence-electron chi connectivity index (χ4n) is 1.39. The number of hydrogen-bond acceptors (Lipinski definition) is 5. The van der Waals surface area contributed by atoms with Gasteiger partial charge in [0.1, 0.15) is 0 Å². The molecule has 0 aromatic heterocycles. The number of carbonyl (C=O) groups excluding carboxylic acids is 2. The Morgan fingerprint density at radius 2 is 1.85 bits per heavy atom. The first-order chi connectivity index (χ1) is 9.65. The topological polar surface area (TPSA) is 52.6 Å². The Hall–Kier alpha value is -1.75. The van der Waals surface area contributed by atoms with Gasteiger partial charge < -0.3 is 8.92 Å². The highest BCUT2D eigenvalue weighted by atomic mass is 32.2. The van der Waals surface area contributed by atoms with Gasteiger partial charge in [-0.3, -0.25) is 9.59 Å². The van der Waals surface area contributed by atoms with Crippen LogP contribution in [-0.2, 0) is 24.3 Å². The molecule has 4 nitrogen and oxygen atoms in total. The van der Waals surface area contributed by atoms with Crippen LogP contribution in [0.3, 0.4) is 0 Å². The standard InChI is InChI=1S/C15H18O4S/c1-3-12-5-7-13(8-6-12)11-20-19-15(17)10-9-14(16)18-4-2/h3,5-8H,1,4,9-11H2,2H3. The fourth-order valence-corrected chi connectivity index (χ4v) is 1.99. The Kier molecular flexibility index (Phi) is 7.50. The van der Waals surface area contributed by atoms with Gasteiger partial charge in [0, 0.05) is 0 Å². The Morgan fingerprint density at radius 3 is 2.45 bits per heavy atom. The molecule has 1 rings (SSSR count). The summed E-state index contributed by atoms with van der Waals surface area (Å²) in [5.41, 5.74) is 2.10. The largest absolute Gasteiger partial charge is 0.466 e. The predicted octanol–water partition coefficient (Wildman–Crippen LogP) is 3.36. The van der Waals surface area contributed by atoms with Crippen molar-refractivity contribution in [3.63, 3.8) is 0 Å². The van der Waals surface area contributed by atoms with E-state index < -0.39 is 5.97 Å². The Bertz CT molecular complexity index is 453. The molecule has 108 valence electrons. The molecule has 0 N–H and O–H groups in total. The minimum atomic E-state index is -0.411. The average molecular weight is 294 g/mol. The summed E-state index contributed by atoms with van der Waals surface area (Å²) in [5, 5.41) is 0. The maximum Gasteiger partial charge on any atom is 0.318 e. The Morgan fingerprint density at radius 1 is 1.20 bits per heavy atom. The van der Waals surface area contributed by atoms with Crippen LogP contribution >= 0.6 is 12.0 Å². The highest BCUT2D eigenvalue weighted by molar-refractivity contribution is 7.94. The van der Waals surface area contributed by atoms with Gasteiger partial charge in [-0.25, -0.2) is 0 Å². The molecule has 0 aliphatic heterocycles. The van der Waals surface area contributed by atoms with Crippen LogP contribution < -0.4 is 0 Å². The van der Waals surface area contributed by atoms with Gasteiger partial charge in [0.25, 0.3) is 0 Å². The SMILES string of the molecule is C=Cc1ccc(CSOC(=O)CCC(=O)OCC)cc1.